The van der Waals surface area contributed by atoms with E-state index in [9.17, 15) is 9.59 Å². The maximum Gasteiger partial charge on any atom is 0.319 e. The molecule has 3 rings (SSSR count). The number of rotatable bonds is 7. The largest absolute Gasteiger partial charge is 0.497 e. The van der Waals surface area contributed by atoms with Crippen LogP contribution in [-0.2, 0) is 11.3 Å². The van der Waals surface area contributed by atoms with E-state index in [-0.39, 0.29) is 17.9 Å². The van der Waals surface area contributed by atoms with Crippen LogP contribution in [0.4, 0.5) is 4.79 Å². The van der Waals surface area contributed by atoms with Gasteiger partial charge >= 0.3 is 6.03 Å². The first-order valence-electron chi connectivity index (χ1n) is 10.4. The molecule has 30 heavy (non-hydrogen) atoms. The predicted octanol–water partition coefficient (Wildman–Crippen LogP) is 2.27. The number of benzene rings is 1. The van der Waals surface area contributed by atoms with Crippen molar-refractivity contribution in [2.75, 3.05) is 33.3 Å². The standard InChI is InChI=1S/C21H30N6O3/c1-4-26(5-2)21(29)27-12-10-16(11-13-27)20(28)22-14-18-23-19(25-24-18)15-6-8-17(30-3)9-7-15/h6-9,16H,4-5,10-14H2,1-3H3,(H,22,28)(H,23,24,25). The second-order valence-corrected chi connectivity index (χ2v) is 7.27. The summed E-state index contributed by atoms with van der Waals surface area (Å²) in [6, 6.07) is 7.54. The van der Waals surface area contributed by atoms with Gasteiger partial charge in [0, 0.05) is 37.7 Å². The van der Waals surface area contributed by atoms with E-state index in [1.54, 1.807) is 7.11 Å². The van der Waals surface area contributed by atoms with Gasteiger partial charge in [-0.2, -0.15) is 5.10 Å². The fraction of sp³-hybridized carbons (Fsp3) is 0.524. The van der Waals surface area contributed by atoms with Crippen LogP contribution in [0.3, 0.4) is 0 Å². The number of nitrogens with zero attached hydrogens (tertiary/aromatic N) is 4. The quantitative estimate of drug-likeness (QED) is 0.723. The lowest BCUT2D eigenvalue weighted by Gasteiger charge is -2.34. The Morgan fingerprint density at radius 3 is 2.47 bits per heavy atom. The summed E-state index contributed by atoms with van der Waals surface area (Å²) in [4.78, 5) is 33.1. The Kier molecular flexibility index (Phi) is 7.26. The zero-order valence-electron chi connectivity index (χ0n) is 17.9. The van der Waals surface area contributed by atoms with E-state index >= 15 is 0 Å². The number of amides is 3. The zero-order valence-corrected chi connectivity index (χ0v) is 17.9. The molecule has 0 atom stereocenters. The molecule has 0 aliphatic carbocycles. The number of urea groups is 1. The number of nitrogens with one attached hydrogen (secondary N) is 2. The number of H-pyrrole nitrogens is 1. The number of hydrogen-bond acceptors (Lipinski definition) is 5. The van der Waals surface area contributed by atoms with Crippen LogP contribution in [0.5, 0.6) is 5.75 Å². The molecule has 1 aromatic heterocycles. The van der Waals surface area contributed by atoms with E-state index < -0.39 is 0 Å². The summed E-state index contributed by atoms with van der Waals surface area (Å²) in [6.07, 6.45) is 1.35. The highest BCUT2D eigenvalue weighted by Crippen LogP contribution is 2.20. The highest BCUT2D eigenvalue weighted by atomic mass is 16.5. The molecular formula is C21H30N6O3. The molecular weight excluding hydrogens is 384 g/mol. The molecule has 2 heterocycles. The first-order valence-corrected chi connectivity index (χ1v) is 10.4. The summed E-state index contributed by atoms with van der Waals surface area (Å²) in [5.74, 6) is 1.85. The lowest BCUT2D eigenvalue weighted by atomic mass is 9.96. The maximum atomic E-state index is 12.5. The van der Waals surface area contributed by atoms with Gasteiger partial charge in [0.25, 0.3) is 0 Å². The van der Waals surface area contributed by atoms with Gasteiger partial charge in [-0.15, -0.1) is 0 Å². The highest BCUT2D eigenvalue weighted by molar-refractivity contribution is 5.79. The van der Waals surface area contributed by atoms with Crippen molar-refractivity contribution in [2.45, 2.75) is 33.2 Å². The number of aromatic amines is 1. The number of ether oxygens (including phenoxy) is 1. The average molecular weight is 415 g/mol. The van der Waals surface area contributed by atoms with E-state index in [4.69, 9.17) is 4.74 Å². The van der Waals surface area contributed by atoms with Gasteiger partial charge in [-0.1, -0.05) is 0 Å². The molecule has 9 nitrogen and oxygen atoms in total. The maximum absolute atomic E-state index is 12.5. The topological polar surface area (TPSA) is 103 Å². The Bertz CT molecular complexity index is 839. The van der Waals surface area contributed by atoms with Gasteiger partial charge in [0.1, 0.15) is 11.6 Å². The van der Waals surface area contributed by atoms with Crippen molar-refractivity contribution in [2.24, 2.45) is 5.92 Å². The van der Waals surface area contributed by atoms with E-state index in [0.717, 1.165) is 11.3 Å². The molecule has 9 heteroatoms. The molecule has 2 N–H and O–H groups in total. The monoisotopic (exact) mass is 414 g/mol. The summed E-state index contributed by atoms with van der Waals surface area (Å²) in [7, 11) is 1.62. The Hall–Kier alpha value is -3.10. The van der Waals surface area contributed by atoms with Gasteiger partial charge in [0.05, 0.1) is 13.7 Å². The molecule has 0 radical (unpaired) electrons. The minimum Gasteiger partial charge on any atom is -0.497 e. The SMILES string of the molecule is CCN(CC)C(=O)N1CCC(C(=O)NCc2nc(-c3ccc(OC)cc3)n[nH]2)CC1. The minimum absolute atomic E-state index is 0.00710. The van der Waals surface area contributed by atoms with Crippen molar-refractivity contribution in [1.82, 2.24) is 30.3 Å². The van der Waals surface area contributed by atoms with Crippen LogP contribution in [0.15, 0.2) is 24.3 Å². The van der Waals surface area contributed by atoms with Crippen molar-refractivity contribution >= 4 is 11.9 Å². The highest BCUT2D eigenvalue weighted by Gasteiger charge is 2.28. The average Bonchev–Trinajstić information content (AvgIpc) is 3.27. The van der Waals surface area contributed by atoms with Crippen LogP contribution < -0.4 is 10.1 Å². The third-order valence-corrected chi connectivity index (χ3v) is 5.48. The Balaban J connectivity index is 1.47. The van der Waals surface area contributed by atoms with Gasteiger partial charge in [-0.05, 0) is 51.0 Å². The smallest absolute Gasteiger partial charge is 0.319 e. The van der Waals surface area contributed by atoms with Crippen LogP contribution in [0, 0.1) is 5.92 Å². The summed E-state index contributed by atoms with van der Waals surface area (Å²) in [5.41, 5.74) is 0.870. The van der Waals surface area contributed by atoms with Crippen LogP contribution in [-0.4, -0.2) is 70.2 Å². The first-order chi connectivity index (χ1) is 14.5. The summed E-state index contributed by atoms with van der Waals surface area (Å²) >= 11 is 0. The van der Waals surface area contributed by atoms with Crippen LogP contribution in [0.2, 0.25) is 0 Å². The molecule has 2 aromatic rings. The molecule has 1 fully saturated rings. The molecule has 1 aromatic carbocycles. The Morgan fingerprint density at radius 2 is 1.87 bits per heavy atom. The summed E-state index contributed by atoms with van der Waals surface area (Å²) in [6.45, 7) is 6.86. The van der Waals surface area contributed by atoms with Crippen molar-refractivity contribution in [3.63, 3.8) is 0 Å². The van der Waals surface area contributed by atoms with Crippen molar-refractivity contribution in [3.05, 3.63) is 30.1 Å². The second-order valence-electron chi connectivity index (χ2n) is 7.27. The third-order valence-electron chi connectivity index (χ3n) is 5.48. The van der Waals surface area contributed by atoms with E-state index in [0.29, 0.717) is 57.2 Å². The van der Waals surface area contributed by atoms with Gasteiger partial charge < -0.3 is 19.9 Å². The number of methoxy groups -OCH3 is 1. The van der Waals surface area contributed by atoms with Gasteiger partial charge in [-0.3, -0.25) is 9.89 Å². The van der Waals surface area contributed by atoms with Crippen molar-refractivity contribution < 1.29 is 14.3 Å². The molecule has 1 saturated heterocycles. The molecule has 0 unspecified atom stereocenters. The van der Waals surface area contributed by atoms with E-state index in [2.05, 4.69) is 20.5 Å². The van der Waals surface area contributed by atoms with Crippen LogP contribution >= 0.6 is 0 Å². The Labute approximate surface area is 176 Å². The number of piperidine rings is 1. The number of likely N-dealkylation sites (tertiary alicyclic amines) is 1. The number of aromatic nitrogens is 3. The van der Waals surface area contributed by atoms with Crippen molar-refractivity contribution in [3.8, 4) is 17.1 Å². The summed E-state index contributed by atoms with van der Waals surface area (Å²) < 4.78 is 5.16. The molecule has 162 valence electrons. The predicted molar refractivity (Wildman–Crippen MR) is 113 cm³/mol. The lowest BCUT2D eigenvalue weighted by Crippen LogP contribution is -2.48. The van der Waals surface area contributed by atoms with Gasteiger partial charge in [0.15, 0.2) is 5.82 Å². The molecule has 0 bridgehead atoms. The molecule has 3 amide bonds. The van der Waals surface area contributed by atoms with E-state index in [1.165, 1.54) is 0 Å². The summed E-state index contributed by atoms with van der Waals surface area (Å²) in [5, 5.41) is 10.0. The number of carbonyl (C=O) groups is 2. The normalized spacial score (nSPS) is 14.4. The van der Waals surface area contributed by atoms with E-state index in [1.807, 2.05) is 47.9 Å². The van der Waals surface area contributed by atoms with Crippen LogP contribution in [0.25, 0.3) is 11.4 Å². The zero-order chi connectivity index (χ0) is 21.5. The molecule has 1 aliphatic rings. The first kappa shape index (κ1) is 21.6. The second kappa shape index (κ2) is 10.1. The van der Waals surface area contributed by atoms with Crippen LogP contribution in [0.1, 0.15) is 32.5 Å². The molecule has 0 spiro atoms. The molecule has 1 aliphatic heterocycles. The molecule has 0 saturated carbocycles. The number of hydrogen-bond donors (Lipinski definition) is 2. The fourth-order valence-electron chi connectivity index (χ4n) is 3.59. The Morgan fingerprint density at radius 1 is 1.20 bits per heavy atom. The lowest BCUT2D eigenvalue weighted by molar-refractivity contribution is -0.126. The fourth-order valence-corrected chi connectivity index (χ4v) is 3.59. The minimum atomic E-state index is -0.0882. The van der Waals surface area contributed by atoms with Crippen molar-refractivity contribution in [1.29, 1.82) is 0 Å². The number of carbonyl (C=O) groups excluding carboxylic acids is 2. The van der Waals surface area contributed by atoms with Gasteiger partial charge in [0.2, 0.25) is 5.91 Å². The third kappa shape index (κ3) is 5.08. The van der Waals surface area contributed by atoms with Gasteiger partial charge in [-0.25, -0.2) is 9.78 Å².